The Kier molecular flexibility index (Phi) is 3.94. The summed E-state index contributed by atoms with van der Waals surface area (Å²) in [7, 11) is 0. The van der Waals surface area contributed by atoms with Gasteiger partial charge in [0.25, 0.3) is 0 Å². The summed E-state index contributed by atoms with van der Waals surface area (Å²) < 4.78 is 5.56. The van der Waals surface area contributed by atoms with Crippen molar-refractivity contribution in [3.05, 3.63) is 23.7 Å². The van der Waals surface area contributed by atoms with Gasteiger partial charge in [-0.2, -0.15) is 0 Å². The van der Waals surface area contributed by atoms with Crippen LogP contribution in [0.15, 0.2) is 16.5 Å². The van der Waals surface area contributed by atoms with Crippen LogP contribution in [0, 0.1) is 0 Å². The van der Waals surface area contributed by atoms with Gasteiger partial charge in [0.1, 0.15) is 11.5 Å². The van der Waals surface area contributed by atoms with Gasteiger partial charge in [-0.1, -0.05) is 6.92 Å². The van der Waals surface area contributed by atoms with Gasteiger partial charge in [-0.05, 0) is 32.9 Å². The highest BCUT2D eigenvalue weighted by Crippen LogP contribution is 2.12. The molecule has 0 saturated carbocycles. The number of aliphatic hydroxyl groups excluding tert-OH is 1. The van der Waals surface area contributed by atoms with E-state index in [-0.39, 0.29) is 5.54 Å². The molecule has 3 heteroatoms. The van der Waals surface area contributed by atoms with Crippen LogP contribution in [0.25, 0.3) is 0 Å². The molecule has 1 aromatic heterocycles. The molecule has 1 rings (SSSR count). The summed E-state index contributed by atoms with van der Waals surface area (Å²) in [6.45, 7) is 8.45. The molecule has 0 amide bonds. The topological polar surface area (TPSA) is 45.4 Å². The van der Waals surface area contributed by atoms with E-state index in [1.807, 2.05) is 26.0 Å². The molecule has 0 fully saturated rings. The third kappa shape index (κ3) is 3.36. The minimum Gasteiger partial charge on any atom is -0.465 e. The van der Waals surface area contributed by atoms with Crippen LogP contribution in [-0.4, -0.2) is 16.7 Å². The van der Waals surface area contributed by atoms with Crippen LogP contribution in [0.2, 0.25) is 0 Å². The van der Waals surface area contributed by atoms with E-state index >= 15 is 0 Å². The van der Waals surface area contributed by atoms with Crippen molar-refractivity contribution in [3.8, 4) is 0 Å². The summed E-state index contributed by atoms with van der Waals surface area (Å²) >= 11 is 0. The van der Waals surface area contributed by atoms with Crippen molar-refractivity contribution in [1.82, 2.24) is 5.32 Å². The van der Waals surface area contributed by atoms with E-state index in [9.17, 15) is 5.11 Å². The van der Waals surface area contributed by atoms with Crippen molar-refractivity contribution in [1.29, 1.82) is 0 Å². The molecule has 1 heterocycles. The summed E-state index contributed by atoms with van der Waals surface area (Å²) in [6, 6.07) is 3.97. The lowest BCUT2D eigenvalue weighted by molar-refractivity contribution is 0.0942. The molecular formula is C12H21NO2. The fraction of sp³-hybridized carbons (Fsp3) is 0.667. The first-order valence-corrected chi connectivity index (χ1v) is 5.46. The van der Waals surface area contributed by atoms with Gasteiger partial charge < -0.3 is 14.8 Å². The lowest BCUT2D eigenvalue weighted by atomic mass is 9.99. The summed E-state index contributed by atoms with van der Waals surface area (Å²) in [5, 5.41) is 12.8. The first kappa shape index (κ1) is 12.3. The average Bonchev–Trinajstić information content (AvgIpc) is 2.62. The number of aryl methyl sites for hydroxylation is 1. The maximum Gasteiger partial charge on any atom is 0.117 e. The number of hydrogen-bond acceptors (Lipinski definition) is 3. The van der Waals surface area contributed by atoms with Crippen LogP contribution in [0.1, 0.15) is 39.2 Å². The molecule has 0 aromatic carbocycles. The van der Waals surface area contributed by atoms with Gasteiger partial charge in [-0.3, -0.25) is 0 Å². The van der Waals surface area contributed by atoms with Crippen molar-refractivity contribution in [2.45, 2.75) is 52.3 Å². The Hall–Kier alpha value is -0.800. The largest absolute Gasteiger partial charge is 0.465 e. The second-order valence-electron chi connectivity index (χ2n) is 4.47. The number of furan rings is 1. The van der Waals surface area contributed by atoms with Crippen LogP contribution < -0.4 is 5.32 Å². The smallest absolute Gasteiger partial charge is 0.117 e. The van der Waals surface area contributed by atoms with Crippen LogP contribution in [-0.2, 0) is 13.0 Å². The van der Waals surface area contributed by atoms with Crippen molar-refractivity contribution >= 4 is 0 Å². The molecule has 0 radical (unpaired) electrons. The zero-order valence-electron chi connectivity index (χ0n) is 10.0. The first-order valence-electron chi connectivity index (χ1n) is 5.46. The summed E-state index contributed by atoms with van der Waals surface area (Å²) in [6.07, 6.45) is 0.526. The third-order valence-electron chi connectivity index (χ3n) is 2.83. The molecule has 0 saturated heterocycles. The minimum atomic E-state index is -0.391. The van der Waals surface area contributed by atoms with Gasteiger partial charge in [0.15, 0.2) is 0 Å². The standard InChI is InChI=1S/C12H21NO2/c1-5-10-6-7-11(15-10)8-13-12(3,4)9(2)14/h6-7,9,13-14H,5,8H2,1-4H3. The zero-order chi connectivity index (χ0) is 11.5. The van der Waals surface area contributed by atoms with E-state index < -0.39 is 6.10 Å². The molecule has 86 valence electrons. The van der Waals surface area contributed by atoms with Crippen molar-refractivity contribution in [3.63, 3.8) is 0 Å². The second kappa shape index (κ2) is 4.81. The van der Waals surface area contributed by atoms with Crippen LogP contribution in [0.5, 0.6) is 0 Å². The predicted octanol–water partition coefficient (Wildman–Crippen LogP) is 2.09. The Labute approximate surface area is 91.5 Å². The first-order chi connectivity index (χ1) is 6.95. The second-order valence-corrected chi connectivity index (χ2v) is 4.47. The molecule has 3 nitrogen and oxygen atoms in total. The monoisotopic (exact) mass is 211 g/mol. The fourth-order valence-electron chi connectivity index (χ4n) is 1.17. The highest BCUT2D eigenvalue weighted by Gasteiger charge is 2.23. The van der Waals surface area contributed by atoms with Gasteiger partial charge in [0.2, 0.25) is 0 Å². The summed E-state index contributed by atoms with van der Waals surface area (Å²) in [4.78, 5) is 0. The Morgan fingerprint density at radius 1 is 1.40 bits per heavy atom. The zero-order valence-corrected chi connectivity index (χ0v) is 10.0. The SMILES string of the molecule is CCc1ccc(CNC(C)(C)C(C)O)o1. The molecule has 0 spiro atoms. The maximum absolute atomic E-state index is 9.52. The fourth-order valence-corrected chi connectivity index (χ4v) is 1.17. The molecule has 2 N–H and O–H groups in total. The highest BCUT2D eigenvalue weighted by atomic mass is 16.3. The Morgan fingerprint density at radius 3 is 2.47 bits per heavy atom. The van der Waals surface area contributed by atoms with Crippen LogP contribution in [0.4, 0.5) is 0 Å². The summed E-state index contributed by atoms with van der Waals surface area (Å²) in [5.74, 6) is 1.92. The molecular weight excluding hydrogens is 190 g/mol. The van der Waals surface area contributed by atoms with E-state index in [1.54, 1.807) is 6.92 Å². The molecule has 0 bridgehead atoms. The lowest BCUT2D eigenvalue weighted by Gasteiger charge is -2.29. The average molecular weight is 211 g/mol. The number of aliphatic hydroxyl groups is 1. The van der Waals surface area contributed by atoms with Gasteiger partial charge in [0.05, 0.1) is 12.6 Å². The summed E-state index contributed by atoms with van der Waals surface area (Å²) in [5.41, 5.74) is -0.292. The lowest BCUT2D eigenvalue weighted by Crippen LogP contribution is -2.47. The van der Waals surface area contributed by atoms with E-state index in [2.05, 4.69) is 12.2 Å². The van der Waals surface area contributed by atoms with E-state index in [0.29, 0.717) is 6.54 Å². The van der Waals surface area contributed by atoms with E-state index in [4.69, 9.17) is 4.42 Å². The third-order valence-corrected chi connectivity index (χ3v) is 2.83. The molecule has 1 unspecified atom stereocenters. The molecule has 0 aliphatic carbocycles. The minimum absolute atomic E-state index is 0.292. The number of rotatable bonds is 5. The van der Waals surface area contributed by atoms with Gasteiger partial charge in [0, 0.05) is 12.0 Å². The van der Waals surface area contributed by atoms with Crippen LogP contribution in [0.3, 0.4) is 0 Å². The van der Waals surface area contributed by atoms with E-state index in [0.717, 1.165) is 17.9 Å². The normalized spacial score (nSPS) is 14.2. The predicted molar refractivity (Wildman–Crippen MR) is 60.7 cm³/mol. The van der Waals surface area contributed by atoms with Gasteiger partial charge in [-0.15, -0.1) is 0 Å². The Bertz CT molecular complexity index is 302. The van der Waals surface area contributed by atoms with Crippen molar-refractivity contribution < 1.29 is 9.52 Å². The van der Waals surface area contributed by atoms with Gasteiger partial charge >= 0.3 is 0 Å². The van der Waals surface area contributed by atoms with Gasteiger partial charge in [-0.25, -0.2) is 0 Å². The maximum atomic E-state index is 9.52. The molecule has 1 aromatic rings. The van der Waals surface area contributed by atoms with E-state index in [1.165, 1.54) is 0 Å². The number of hydrogen-bond donors (Lipinski definition) is 2. The molecule has 0 aliphatic rings. The Balaban J connectivity index is 2.50. The van der Waals surface area contributed by atoms with Crippen molar-refractivity contribution in [2.75, 3.05) is 0 Å². The Morgan fingerprint density at radius 2 is 2.00 bits per heavy atom. The van der Waals surface area contributed by atoms with Crippen molar-refractivity contribution in [2.24, 2.45) is 0 Å². The number of nitrogens with one attached hydrogen (secondary N) is 1. The quantitative estimate of drug-likeness (QED) is 0.784. The van der Waals surface area contributed by atoms with Crippen LogP contribution >= 0.6 is 0 Å². The molecule has 1 atom stereocenters. The highest BCUT2D eigenvalue weighted by molar-refractivity contribution is 5.07. The molecule has 15 heavy (non-hydrogen) atoms. The molecule has 0 aliphatic heterocycles.